The van der Waals surface area contributed by atoms with Crippen molar-refractivity contribution >= 4 is 5.71 Å². The van der Waals surface area contributed by atoms with Gasteiger partial charge in [-0.2, -0.15) is 0 Å². The van der Waals surface area contributed by atoms with Crippen LogP contribution in [0, 0.1) is 0 Å². The van der Waals surface area contributed by atoms with Crippen LogP contribution >= 0.6 is 0 Å². The summed E-state index contributed by atoms with van der Waals surface area (Å²) in [6.45, 7) is 2.85. The second kappa shape index (κ2) is 2.45. The van der Waals surface area contributed by atoms with Gasteiger partial charge in [-0.05, 0) is 20.4 Å². The van der Waals surface area contributed by atoms with Crippen LogP contribution in [0.3, 0.4) is 0 Å². The second-order valence-electron chi connectivity index (χ2n) is 2.44. The third-order valence-electron chi connectivity index (χ3n) is 1.56. The first kappa shape index (κ1) is 6.71. The fourth-order valence-corrected chi connectivity index (χ4v) is 0.814. The van der Waals surface area contributed by atoms with Crippen LogP contribution in [0.15, 0.2) is 4.99 Å². The number of nitrogens with zero attached hydrogens (tertiary/aromatic N) is 2. The molecular weight excluding hydrogens is 116 g/mol. The summed E-state index contributed by atoms with van der Waals surface area (Å²) >= 11 is 0. The minimum Gasteiger partial charge on any atom is -0.359 e. The zero-order valence-corrected chi connectivity index (χ0v) is 5.83. The highest BCUT2D eigenvalue weighted by Crippen LogP contribution is 2.04. The molecule has 52 valence electrons. The van der Waals surface area contributed by atoms with Gasteiger partial charge in [0.1, 0.15) is 0 Å². The van der Waals surface area contributed by atoms with Gasteiger partial charge < -0.3 is 5.11 Å². The van der Waals surface area contributed by atoms with Gasteiger partial charge in [0, 0.05) is 12.3 Å². The molecule has 0 spiro atoms. The van der Waals surface area contributed by atoms with Gasteiger partial charge in [0.05, 0.1) is 0 Å². The molecular formula is C6H12N2O. The molecule has 0 bridgehead atoms. The molecule has 1 atom stereocenters. The highest BCUT2D eigenvalue weighted by Gasteiger charge is 2.13. The van der Waals surface area contributed by atoms with Crippen molar-refractivity contribution in [3.05, 3.63) is 0 Å². The highest BCUT2D eigenvalue weighted by molar-refractivity contribution is 5.82. The van der Waals surface area contributed by atoms with Crippen LogP contribution in [-0.2, 0) is 0 Å². The van der Waals surface area contributed by atoms with Gasteiger partial charge in [-0.1, -0.05) is 0 Å². The van der Waals surface area contributed by atoms with E-state index in [-0.39, 0.29) is 0 Å². The maximum atomic E-state index is 9.09. The van der Waals surface area contributed by atoms with Crippen molar-refractivity contribution in [1.82, 2.24) is 4.90 Å². The Kier molecular flexibility index (Phi) is 1.83. The third-order valence-corrected chi connectivity index (χ3v) is 1.56. The molecule has 0 saturated heterocycles. The molecule has 1 heterocycles. The summed E-state index contributed by atoms with van der Waals surface area (Å²) in [4.78, 5) is 5.77. The van der Waals surface area contributed by atoms with Crippen molar-refractivity contribution in [2.24, 2.45) is 4.99 Å². The van der Waals surface area contributed by atoms with Crippen LogP contribution in [0.4, 0.5) is 0 Å². The summed E-state index contributed by atoms with van der Waals surface area (Å²) in [7, 11) is 1.86. The van der Waals surface area contributed by atoms with E-state index in [1.807, 2.05) is 18.9 Å². The normalized spacial score (nSPS) is 30.1. The molecule has 1 N–H and O–H groups in total. The molecule has 9 heavy (non-hydrogen) atoms. The molecule has 0 aromatic rings. The summed E-state index contributed by atoms with van der Waals surface area (Å²) in [6, 6.07) is 0. The van der Waals surface area contributed by atoms with Crippen LogP contribution in [0.5, 0.6) is 0 Å². The van der Waals surface area contributed by atoms with Crippen molar-refractivity contribution in [3.63, 3.8) is 0 Å². The molecule has 0 fully saturated rings. The summed E-state index contributed by atoms with van der Waals surface area (Å²) in [5, 5.41) is 9.09. The Morgan fingerprint density at radius 1 is 1.78 bits per heavy atom. The minimum atomic E-state index is -0.598. The lowest BCUT2D eigenvalue weighted by molar-refractivity contribution is 0.0258. The Hall–Kier alpha value is -0.410. The molecule has 0 aromatic heterocycles. The number of hydrogen-bond donors (Lipinski definition) is 1. The molecule has 3 nitrogen and oxygen atoms in total. The van der Waals surface area contributed by atoms with Gasteiger partial charge in [-0.3, -0.25) is 4.90 Å². The zero-order chi connectivity index (χ0) is 6.85. The van der Waals surface area contributed by atoms with E-state index in [2.05, 4.69) is 4.99 Å². The SMILES string of the molecule is CC1=NC(O)N(C)CC1. The number of hydrogen-bond acceptors (Lipinski definition) is 3. The summed E-state index contributed by atoms with van der Waals surface area (Å²) in [6.07, 6.45) is 0.381. The number of aliphatic hydroxyl groups excluding tert-OH is 1. The zero-order valence-electron chi connectivity index (χ0n) is 5.83. The van der Waals surface area contributed by atoms with Crippen molar-refractivity contribution in [2.75, 3.05) is 13.6 Å². The maximum absolute atomic E-state index is 9.09. The maximum Gasteiger partial charge on any atom is 0.204 e. The number of aliphatic imine (C=N–C) groups is 1. The van der Waals surface area contributed by atoms with E-state index in [0.717, 1.165) is 18.7 Å². The molecule has 0 aliphatic carbocycles. The van der Waals surface area contributed by atoms with Gasteiger partial charge >= 0.3 is 0 Å². The smallest absolute Gasteiger partial charge is 0.204 e. The van der Waals surface area contributed by atoms with Crippen molar-refractivity contribution in [3.8, 4) is 0 Å². The average Bonchev–Trinajstić information content (AvgIpc) is 1.80. The lowest BCUT2D eigenvalue weighted by atomic mass is 10.2. The van der Waals surface area contributed by atoms with E-state index in [9.17, 15) is 0 Å². The van der Waals surface area contributed by atoms with Crippen molar-refractivity contribution in [1.29, 1.82) is 0 Å². The van der Waals surface area contributed by atoms with Crippen LogP contribution in [-0.4, -0.2) is 35.7 Å². The molecule has 1 aliphatic rings. The first-order valence-corrected chi connectivity index (χ1v) is 3.12. The standard InChI is InChI=1S/C6H12N2O/c1-5-3-4-8(2)6(9)7-5/h6,9H,3-4H2,1-2H3. The Labute approximate surface area is 55.0 Å². The van der Waals surface area contributed by atoms with Crippen molar-refractivity contribution < 1.29 is 5.11 Å². The number of rotatable bonds is 0. The molecule has 1 aliphatic heterocycles. The lowest BCUT2D eigenvalue weighted by Gasteiger charge is -2.24. The van der Waals surface area contributed by atoms with Crippen LogP contribution in [0.2, 0.25) is 0 Å². The Balaban J connectivity index is 2.58. The van der Waals surface area contributed by atoms with E-state index < -0.39 is 6.35 Å². The quantitative estimate of drug-likeness (QED) is 0.500. The fourth-order valence-electron chi connectivity index (χ4n) is 0.814. The predicted octanol–water partition coefficient (Wildman–Crippen LogP) is 0.0587. The molecule has 0 amide bonds. The van der Waals surface area contributed by atoms with E-state index in [1.54, 1.807) is 0 Å². The predicted molar refractivity (Wildman–Crippen MR) is 36.4 cm³/mol. The monoisotopic (exact) mass is 128 g/mol. The lowest BCUT2D eigenvalue weighted by Crippen LogP contribution is -2.35. The molecule has 3 heteroatoms. The largest absolute Gasteiger partial charge is 0.359 e. The molecule has 0 aromatic carbocycles. The summed E-state index contributed by atoms with van der Waals surface area (Å²) in [5.74, 6) is 0. The van der Waals surface area contributed by atoms with Crippen molar-refractivity contribution in [2.45, 2.75) is 19.7 Å². The summed E-state index contributed by atoms with van der Waals surface area (Å²) < 4.78 is 0. The Bertz CT molecular complexity index is 133. The molecule has 1 unspecified atom stereocenters. The fraction of sp³-hybridized carbons (Fsp3) is 0.833. The first-order valence-electron chi connectivity index (χ1n) is 3.12. The first-order chi connectivity index (χ1) is 4.20. The van der Waals surface area contributed by atoms with E-state index in [4.69, 9.17) is 5.11 Å². The van der Waals surface area contributed by atoms with E-state index in [1.165, 1.54) is 0 Å². The highest BCUT2D eigenvalue weighted by atomic mass is 16.3. The number of aliphatic hydroxyl groups is 1. The van der Waals surface area contributed by atoms with Gasteiger partial charge in [-0.15, -0.1) is 0 Å². The van der Waals surface area contributed by atoms with Crippen LogP contribution in [0.25, 0.3) is 0 Å². The topological polar surface area (TPSA) is 35.8 Å². The van der Waals surface area contributed by atoms with Gasteiger partial charge in [0.2, 0.25) is 6.35 Å². The molecule has 0 radical (unpaired) electrons. The van der Waals surface area contributed by atoms with Gasteiger partial charge in [0.15, 0.2) is 0 Å². The van der Waals surface area contributed by atoms with E-state index in [0.29, 0.717) is 0 Å². The Morgan fingerprint density at radius 2 is 2.44 bits per heavy atom. The summed E-state index contributed by atoms with van der Waals surface area (Å²) in [5.41, 5.74) is 1.04. The average molecular weight is 128 g/mol. The van der Waals surface area contributed by atoms with Gasteiger partial charge in [-0.25, -0.2) is 4.99 Å². The van der Waals surface area contributed by atoms with Crippen LogP contribution in [0.1, 0.15) is 13.3 Å². The van der Waals surface area contributed by atoms with E-state index >= 15 is 0 Å². The minimum absolute atomic E-state index is 0.598. The molecule has 0 saturated carbocycles. The third kappa shape index (κ3) is 1.50. The van der Waals surface area contributed by atoms with Crippen LogP contribution < -0.4 is 0 Å². The second-order valence-corrected chi connectivity index (χ2v) is 2.44. The Morgan fingerprint density at radius 3 is 2.89 bits per heavy atom. The van der Waals surface area contributed by atoms with Gasteiger partial charge in [0.25, 0.3) is 0 Å². The molecule has 1 rings (SSSR count).